The van der Waals surface area contributed by atoms with Gasteiger partial charge in [-0.05, 0) is 54.7 Å². The minimum atomic E-state index is 0.0647. The molecule has 0 aromatic heterocycles. The number of aryl methyl sites for hydroxylation is 2. The van der Waals surface area contributed by atoms with E-state index in [9.17, 15) is 10.2 Å². The van der Waals surface area contributed by atoms with Crippen molar-refractivity contribution in [2.75, 3.05) is 28.4 Å². The molecule has 6 heteroatoms. The first kappa shape index (κ1) is 32.2. The number of rotatable bonds is 9. The maximum absolute atomic E-state index is 9.69. The fourth-order valence-corrected chi connectivity index (χ4v) is 2.85. The number of ether oxygens (including phenoxy) is 4. The number of methoxy groups -OCH3 is 4. The lowest BCUT2D eigenvalue weighted by Gasteiger charge is -2.10. The van der Waals surface area contributed by atoms with Crippen LogP contribution in [0, 0.1) is 0 Å². The van der Waals surface area contributed by atoms with Crippen LogP contribution in [-0.2, 0) is 12.8 Å². The van der Waals surface area contributed by atoms with Crippen LogP contribution in [0.15, 0.2) is 37.4 Å². The van der Waals surface area contributed by atoms with E-state index in [1.807, 2.05) is 38.1 Å². The number of phenols is 2. The zero-order valence-corrected chi connectivity index (χ0v) is 21.8. The van der Waals surface area contributed by atoms with E-state index in [0.29, 0.717) is 23.0 Å². The van der Waals surface area contributed by atoms with Crippen LogP contribution in [0.5, 0.6) is 34.5 Å². The standard InChI is InChI=1S/C12H18O3.C11H16O3.C2H6.C2H4/c1-4-5-6-9-7-10(14-2)12(13)11(8-9)15-3;1-4-5-8-6-9(13-2)11(12)10(7-8)14-3;2*1-2/h7-8,13H,4-6H2,1-3H3;6-7,12H,4-5H2,1-3H3;1-2H3;1-2H2. The van der Waals surface area contributed by atoms with Crippen LogP contribution in [0.4, 0.5) is 0 Å². The predicted octanol–water partition coefficient (Wildman–Crippen LogP) is 6.94. The summed E-state index contributed by atoms with van der Waals surface area (Å²) in [5.74, 6) is 2.01. The highest BCUT2D eigenvalue weighted by atomic mass is 16.5. The van der Waals surface area contributed by atoms with Crippen LogP contribution < -0.4 is 18.9 Å². The average Bonchev–Trinajstić information content (AvgIpc) is 2.87. The molecule has 0 unspecified atom stereocenters. The Morgan fingerprint density at radius 3 is 1.15 bits per heavy atom. The zero-order chi connectivity index (χ0) is 25.8. The van der Waals surface area contributed by atoms with Crippen molar-refractivity contribution in [2.24, 2.45) is 0 Å². The van der Waals surface area contributed by atoms with Crippen LogP contribution in [0.25, 0.3) is 0 Å². The van der Waals surface area contributed by atoms with Crippen molar-refractivity contribution in [3.05, 3.63) is 48.6 Å². The van der Waals surface area contributed by atoms with Crippen LogP contribution in [0.3, 0.4) is 0 Å². The maximum atomic E-state index is 9.69. The van der Waals surface area contributed by atoms with E-state index in [2.05, 4.69) is 27.0 Å². The van der Waals surface area contributed by atoms with Crippen molar-refractivity contribution in [3.8, 4) is 34.5 Å². The highest BCUT2D eigenvalue weighted by Gasteiger charge is 2.11. The van der Waals surface area contributed by atoms with Gasteiger partial charge in [-0.2, -0.15) is 0 Å². The quantitative estimate of drug-likeness (QED) is 0.391. The fourth-order valence-electron chi connectivity index (χ4n) is 2.85. The van der Waals surface area contributed by atoms with Gasteiger partial charge in [-0.3, -0.25) is 0 Å². The molecule has 2 aromatic carbocycles. The molecule has 0 heterocycles. The van der Waals surface area contributed by atoms with Gasteiger partial charge in [0.05, 0.1) is 28.4 Å². The Kier molecular flexibility index (Phi) is 19.1. The summed E-state index contributed by atoms with van der Waals surface area (Å²) >= 11 is 0. The molecule has 2 rings (SSSR count). The molecule has 0 spiro atoms. The summed E-state index contributed by atoms with van der Waals surface area (Å²) in [6, 6.07) is 7.38. The minimum absolute atomic E-state index is 0.0647. The van der Waals surface area contributed by atoms with Gasteiger partial charge in [0.1, 0.15) is 0 Å². The summed E-state index contributed by atoms with van der Waals surface area (Å²) in [6.45, 7) is 14.3. The summed E-state index contributed by atoms with van der Waals surface area (Å²) in [4.78, 5) is 0. The number of unbranched alkanes of at least 4 members (excludes halogenated alkanes) is 1. The predicted molar refractivity (Wildman–Crippen MR) is 138 cm³/mol. The van der Waals surface area contributed by atoms with Gasteiger partial charge in [-0.1, -0.05) is 40.5 Å². The molecule has 33 heavy (non-hydrogen) atoms. The largest absolute Gasteiger partial charge is 0.502 e. The number of aromatic hydroxyl groups is 2. The van der Waals surface area contributed by atoms with Crippen molar-refractivity contribution in [3.63, 3.8) is 0 Å². The number of phenolic OH excluding ortho intramolecular Hbond substituents is 2. The Hall–Kier alpha value is -3.02. The Morgan fingerprint density at radius 2 is 0.909 bits per heavy atom. The SMILES string of the molecule is C=C.CC.CCCCc1cc(OC)c(O)c(OC)c1.CCCc1cc(OC)c(O)c(OC)c1. The van der Waals surface area contributed by atoms with E-state index in [1.165, 1.54) is 28.4 Å². The van der Waals surface area contributed by atoms with E-state index >= 15 is 0 Å². The number of hydrogen-bond donors (Lipinski definition) is 2. The van der Waals surface area contributed by atoms with Gasteiger partial charge in [-0.25, -0.2) is 0 Å². The third kappa shape index (κ3) is 10.9. The number of benzene rings is 2. The lowest BCUT2D eigenvalue weighted by Crippen LogP contribution is -1.93. The Labute approximate surface area is 200 Å². The van der Waals surface area contributed by atoms with Crippen molar-refractivity contribution in [1.29, 1.82) is 0 Å². The molecule has 0 bridgehead atoms. The normalized spacial score (nSPS) is 9.09. The van der Waals surface area contributed by atoms with Gasteiger partial charge in [-0.15, -0.1) is 13.2 Å². The van der Waals surface area contributed by atoms with Gasteiger partial charge in [0.15, 0.2) is 23.0 Å². The average molecular weight is 465 g/mol. The van der Waals surface area contributed by atoms with Gasteiger partial charge >= 0.3 is 0 Å². The van der Waals surface area contributed by atoms with Gasteiger partial charge < -0.3 is 29.2 Å². The monoisotopic (exact) mass is 464 g/mol. The first-order chi connectivity index (χ1) is 15.9. The van der Waals surface area contributed by atoms with Crippen molar-refractivity contribution < 1.29 is 29.2 Å². The van der Waals surface area contributed by atoms with Gasteiger partial charge in [0.2, 0.25) is 11.5 Å². The van der Waals surface area contributed by atoms with E-state index in [0.717, 1.165) is 43.2 Å². The lowest BCUT2D eigenvalue weighted by molar-refractivity contribution is 0.339. The second-order valence-corrected chi connectivity index (χ2v) is 6.55. The molecular formula is C27H44O6. The van der Waals surface area contributed by atoms with E-state index in [1.54, 1.807) is 0 Å². The molecule has 0 aliphatic rings. The molecule has 0 fully saturated rings. The van der Waals surface area contributed by atoms with Gasteiger partial charge in [0.25, 0.3) is 0 Å². The molecule has 0 atom stereocenters. The lowest BCUT2D eigenvalue weighted by atomic mass is 10.1. The molecular weight excluding hydrogens is 420 g/mol. The zero-order valence-electron chi connectivity index (χ0n) is 21.8. The smallest absolute Gasteiger partial charge is 0.200 e. The summed E-state index contributed by atoms with van der Waals surface area (Å²) in [5, 5.41) is 19.3. The third-order valence-electron chi connectivity index (χ3n) is 4.44. The Morgan fingerprint density at radius 1 is 0.606 bits per heavy atom. The first-order valence-corrected chi connectivity index (χ1v) is 11.3. The van der Waals surface area contributed by atoms with Crippen molar-refractivity contribution in [2.45, 2.75) is 59.8 Å². The molecule has 0 amide bonds. The molecule has 188 valence electrons. The third-order valence-corrected chi connectivity index (χ3v) is 4.44. The highest BCUT2D eigenvalue weighted by Crippen LogP contribution is 2.38. The summed E-state index contributed by atoms with van der Waals surface area (Å²) < 4.78 is 20.2. The maximum Gasteiger partial charge on any atom is 0.200 e. The molecule has 0 radical (unpaired) electrons. The van der Waals surface area contributed by atoms with Crippen LogP contribution in [0.2, 0.25) is 0 Å². The molecule has 6 nitrogen and oxygen atoms in total. The van der Waals surface area contributed by atoms with E-state index < -0.39 is 0 Å². The molecule has 0 saturated carbocycles. The number of hydrogen-bond acceptors (Lipinski definition) is 6. The second-order valence-electron chi connectivity index (χ2n) is 6.55. The van der Waals surface area contributed by atoms with Crippen LogP contribution in [0.1, 0.15) is 58.1 Å². The molecule has 0 saturated heterocycles. The topological polar surface area (TPSA) is 77.4 Å². The molecule has 2 N–H and O–H groups in total. The van der Waals surface area contributed by atoms with Crippen LogP contribution >= 0.6 is 0 Å². The molecule has 2 aromatic rings. The molecule has 0 aliphatic heterocycles. The van der Waals surface area contributed by atoms with Crippen LogP contribution in [-0.4, -0.2) is 38.7 Å². The fraction of sp³-hybridized carbons (Fsp3) is 0.481. The summed E-state index contributed by atoms with van der Waals surface area (Å²) in [7, 11) is 6.14. The van der Waals surface area contributed by atoms with Crippen molar-refractivity contribution in [1.82, 2.24) is 0 Å². The highest BCUT2D eigenvalue weighted by molar-refractivity contribution is 5.53. The first-order valence-electron chi connectivity index (χ1n) is 11.3. The Balaban J connectivity index is 0. The molecule has 0 aliphatic carbocycles. The van der Waals surface area contributed by atoms with E-state index in [-0.39, 0.29) is 11.5 Å². The summed E-state index contributed by atoms with van der Waals surface area (Å²) in [6.07, 6.45) is 5.25. The second kappa shape index (κ2) is 19.6. The van der Waals surface area contributed by atoms with E-state index in [4.69, 9.17) is 18.9 Å². The Bertz CT molecular complexity index is 723. The van der Waals surface area contributed by atoms with Gasteiger partial charge in [0, 0.05) is 0 Å². The summed E-state index contributed by atoms with van der Waals surface area (Å²) in [5.41, 5.74) is 2.24. The minimum Gasteiger partial charge on any atom is -0.502 e. The van der Waals surface area contributed by atoms with Crippen molar-refractivity contribution >= 4 is 0 Å².